The number of ether oxygens (including phenoxy) is 1. The highest BCUT2D eigenvalue weighted by Crippen LogP contribution is 2.37. The van der Waals surface area contributed by atoms with Gasteiger partial charge >= 0.3 is 5.69 Å². The Bertz CT molecular complexity index is 466. The first-order valence-corrected chi connectivity index (χ1v) is 6.74. The van der Waals surface area contributed by atoms with Gasteiger partial charge in [-0.2, -0.15) is 0 Å². The molecule has 0 radical (unpaired) electrons. The Hall–Kier alpha value is -0.850. The third kappa shape index (κ3) is 3.57. The molecule has 0 atom stereocenters. The number of nitro groups is 1. The predicted molar refractivity (Wildman–Crippen MR) is 72.3 cm³/mol. The zero-order chi connectivity index (χ0) is 13.1. The third-order valence-electron chi connectivity index (χ3n) is 2.54. The largest absolute Gasteiger partial charge is 0.485 e. The van der Waals surface area contributed by atoms with Crippen molar-refractivity contribution in [1.29, 1.82) is 0 Å². The summed E-state index contributed by atoms with van der Waals surface area (Å²) in [6.07, 6.45) is 2.40. The van der Waals surface area contributed by atoms with Crippen molar-refractivity contribution in [2.24, 2.45) is 0 Å². The SMILES string of the molecule is O=[N+]([O-])c1cc(Cl)cc(Br)c1OCCNC1CC1. The number of hydrogen-bond donors (Lipinski definition) is 1. The van der Waals surface area contributed by atoms with Crippen molar-refractivity contribution in [1.82, 2.24) is 5.32 Å². The van der Waals surface area contributed by atoms with E-state index in [-0.39, 0.29) is 11.4 Å². The lowest BCUT2D eigenvalue weighted by molar-refractivity contribution is -0.385. The molecule has 1 aliphatic carbocycles. The van der Waals surface area contributed by atoms with Crippen molar-refractivity contribution in [3.8, 4) is 5.75 Å². The molecule has 18 heavy (non-hydrogen) atoms. The molecule has 1 N–H and O–H groups in total. The van der Waals surface area contributed by atoms with E-state index in [1.54, 1.807) is 6.07 Å². The Kier molecular flexibility index (Phi) is 4.42. The monoisotopic (exact) mass is 334 g/mol. The molecule has 0 heterocycles. The predicted octanol–water partition coefficient (Wildman–Crippen LogP) is 3.14. The van der Waals surface area contributed by atoms with Crippen molar-refractivity contribution in [3.63, 3.8) is 0 Å². The minimum Gasteiger partial charge on any atom is -0.485 e. The van der Waals surface area contributed by atoms with Crippen LogP contribution < -0.4 is 10.1 Å². The quantitative estimate of drug-likeness (QED) is 0.493. The fraction of sp³-hybridized carbons (Fsp3) is 0.455. The molecule has 0 bridgehead atoms. The summed E-state index contributed by atoms with van der Waals surface area (Å²) in [4.78, 5) is 10.4. The van der Waals surface area contributed by atoms with Gasteiger partial charge in [0.1, 0.15) is 6.61 Å². The van der Waals surface area contributed by atoms with Crippen LogP contribution >= 0.6 is 27.5 Å². The van der Waals surface area contributed by atoms with Crippen LogP contribution in [-0.2, 0) is 0 Å². The second kappa shape index (κ2) is 5.86. The van der Waals surface area contributed by atoms with E-state index in [0.29, 0.717) is 28.7 Å². The number of rotatable bonds is 6. The normalized spacial score (nSPS) is 14.6. The topological polar surface area (TPSA) is 64.4 Å². The summed E-state index contributed by atoms with van der Waals surface area (Å²) < 4.78 is 5.95. The maximum atomic E-state index is 10.9. The highest BCUT2D eigenvalue weighted by atomic mass is 79.9. The van der Waals surface area contributed by atoms with Crippen LogP contribution in [0.2, 0.25) is 5.02 Å². The van der Waals surface area contributed by atoms with Gasteiger partial charge in [0.25, 0.3) is 0 Å². The van der Waals surface area contributed by atoms with Crippen LogP contribution in [0.5, 0.6) is 5.75 Å². The van der Waals surface area contributed by atoms with E-state index < -0.39 is 4.92 Å². The Morgan fingerprint density at radius 3 is 2.89 bits per heavy atom. The van der Waals surface area contributed by atoms with Crippen LogP contribution in [0.15, 0.2) is 16.6 Å². The number of hydrogen-bond acceptors (Lipinski definition) is 4. The van der Waals surface area contributed by atoms with E-state index in [2.05, 4.69) is 21.2 Å². The molecule has 0 saturated heterocycles. The van der Waals surface area contributed by atoms with Crippen molar-refractivity contribution >= 4 is 33.2 Å². The van der Waals surface area contributed by atoms with Gasteiger partial charge in [-0.05, 0) is 34.8 Å². The van der Waals surface area contributed by atoms with Gasteiger partial charge in [0.2, 0.25) is 5.75 Å². The molecule has 1 aromatic rings. The van der Waals surface area contributed by atoms with E-state index in [9.17, 15) is 10.1 Å². The lowest BCUT2D eigenvalue weighted by Crippen LogP contribution is -2.23. The van der Waals surface area contributed by atoms with Crippen LogP contribution in [0.4, 0.5) is 5.69 Å². The molecular formula is C11H12BrClN2O3. The van der Waals surface area contributed by atoms with Gasteiger partial charge in [0.05, 0.1) is 9.40 Å². The summed E-state index contributed by atoms with van der Waals surface area (Å²) in [5.74, 6) is 0.224. The van der Waals surface area contributed by atoms with Gasteiger partial charge in [-0.15, -0.1) is 0 Å². The standard InChI is InChI=1S/C11H12BrClN2O3/c12-9-5-7(13)6-10(15(16)17)11(9)18-4-3-14-8-1-2-8/h5-6,8,14H,1-4H2. The molecule has 1 aromatic carbocycles. The fourth-order valence-electron chi connectivity index (χ4n) is 1.53. The molecule has 0 unspecified atom stereocenters. The average molecular weight is 336 g/mol. The van der Waals surface area contributed by atoms with Gasteiger partial charge < -0.3 is 10.1 Å². The summed E-state index contributed by atoms with van der Waals surface area (Å²) in [7, 11) is 0. The van der Waals surface area contributed by atoms with Crippen molar-refractivity contribution < 1.29 is 9.66 Å². The minimum atomic E-state index is -0.500. The van der Waals surface area contributed by atoms with Gasteiger partial charge in [0.15, 0.2) is 0 Å². The second-order valence-electron chi connectivity index (χ2n) is 4.07. The van der Waals surface area contributed by atoms with E-state index in [1.165, 1.54) is 18.9 Å². The third-order valence-corrected chi connectivity index (χ3v) is 3.35. The minimum absolute atomic E-state index is 0.124. The maximum Gasteiger partial charge on any atom is 0.313 e. The number of nitro benzene ring substituents is 1. The molecule has 1 saturated carbocycles. The molecule has 5 nitrogen and oxygen atoms in total. The molecule has 1 fully saturated rings. The van der Waals surface area contributed by atoms with Crippen molar-refractivity contribution in [3.05, 3.63) is 31.7 Å². The van der Waals surface area contributed by atoms with Crippen LogP contribution in [0.3, 0.4) is 0 Å². The first-order chi connectivity index (χ1) is 8.58. The van der Waals surface area contributed by atoms with Crippen LogP contribution in [0, 0.1) is 10.1 Å². The van der Waals surface area contributed by atoms with E-state index in [0.717, 1.165) is 0 Å². The van der Waals surface area contributed by atoms with E-state index in [1.807, 2.05) is 0 Å². The second-order valence-corrected chi connectivity index (χ2v) is 5.36. The Morgan fingerprint density at radius 1 is 1.56 bits per heavy atom. The maximum absolute atomic E-state index is 10.9. The lowest BCUT2D eigenvalue weighted by atomic mass is 10.3. The Labute approximate surface area is 118 Å². The van der Waals surface area contributed by atoms with E-state index in [4.69, 9.17) is 16.3 Å². The van der Waals surface area contributed by atoms with Gasteiger partial charge in [-0.1, -0.05) is 11.6 Å². The fourth-order valence-corrected chi connectivity index (χ4v) is 2.44. The van der Waals surface area contributed by atoms with E-state index >= 15 is 0 Å². The smallest absolute Gasteiger partial charge is 0.313 e. The van der Waals surface area contributed by atoms with Crippen molar-refractivity contribution in [2.75, 3.05) is 13.2 Å². The number of halogens is 2. The number of nitrogens with one attached hydrogen (secondary N) is 1. The molecular weight excluding hydrogens is 323 g/mol. The molecule has 0 aliphatic heterocycles. The highest BCUT2D eigenvalue weighted by Gasteiger charge is 2.22. The molecule has 0 aromatic heterocycles. The lowest BCUT2D eigenvalue weighted by Gasteiger charge is -2.09. The first-order valence-electron chi connectivity index (χ1n) is 5.57. The molecule has 1 aliphatic rings. The molecule has 7 heteroatoms. The molecule has 98 valence electrons. The first kappa shape index (κ1) is 13.6. The Morgan fingerprint density at radius 2 is 2.28 bits per heavy atom. The number of nitrogens with zero attached hydrogens (tertiary/aromatic N) is 1. The van der Waals surface area contributed by atoms with Crippen LogP contribution in [0.25, 0.3) is 0 Å². The summed E-state index contributed by atoms with van der Waals surface area (Å²) in [5, 5.41) is 14.5. The van der Waals surface area contributed by atoms with Gasteiger partial charge in [0, 0.05) is 23.7 Å². The molecule has 0 amide bonds. The molecule has 2 rings (SSSR count). The zero-order valence-electron chi connectivity index (χ0n) is 9.49. The summed E-state index contributed by atoms with van der Waals surface area (Å²) in [5.41, 5.74) is -0.124. The Balaban J connectivity index is 2.02. The summed E-state index contributed by atoms with van der Waals surface area (Å²) >= 11 is 9.00. The summed E-state index contributed by atoms with van der Waals surface area (Å²) in [6, 6.07) is 3.46. The summed E-state index contributed by atoms with van der Waals surface area (Å²) in [6.45, 7) is 1.06. The molecule has 0 spiro atoms. The average Bonchev–Trinajstić information content (AvgIpc) is 3.09. The van der Waals surface area contributed by atoms with Crippen LogP contribution in [-0.4, -0.2) is 24.1 Å². The number of benzene rings is 1. The zero-order valence-corrected chi connectivity index (χ0v) is 11.8. The van der Waals surface area contributed by atoms with Crippen molar-refractivity contribution in [2.45, 2.75) is 18.9 Å². The highest BCUT2D eigenvalue weighted by molar-refractivity contribution is 9.10. The van der Waals surface area contributed by atoms with Gasteiger partial charge in [-0.25, -0.2) is 0 Å². The van der Waals surface area contributed by atoms with Crippen LogP contribution in [0.1, 0.15) is 12.8 Å². The van der Waals surface area contributed by atoms with Gasteiger partial charge in [-0.3, -0.25) is 10.1 Å².